The molecule has 1 unspecified atom stereocenters. The highest BCUT2D eigenvalue weighted by Crippen LogP contribution is 2.34. The van der Waals surface area contributed by atoms with E-state index in [4.69, 9.17) is 11.6 Å². The van der Waals surface area contributed by atoms with Crippen molar-refractivity contribution in [2.45, 2.75) is 30.7 Å². The monoisotopic (exact) mass is 516 g/mol. The number of β-amino-alcohol motifs (C(OH)–C–C–N with tert-alkyl or cyclic N) is 1. The normalized spacial score (nSPS) is 21.6. The minimum Gasteiger partial charge on any atom is -0.395 e. The summed E-state index contributed by atoms with van der Waals surface area (Å²) in [4.78, 5) is 14.2. The molecule has 3 atom stereocenters. The molecule has 1 aromatic heterocycles. The number of halogens is 1. The zero-order valence-electron chi connectivity index (χ0n) is 20.3. The molecule has 10 heteroatoms. The summed E-state index contributed by atoms with van der Waals surface area (Å²) in [5.74, 6) is 6.02. The molecule has 2 N–H and O–H groups in total. The van der Waals surface area contributed by atoms with Gasteiger partial charge in [-0.3, -0.25) is 4.21 Å². The second-order valence-corrected chi connectivity index (χ2v) is 12.6. The van der Waals surface area contributed by atoms with Crippen LogP contribution in [0, 0.1) is 23.2 Å². The minimum atomic E-state index is -2.36. The van der Waals surface area contributed by atoms with Gasteiger partial charge >= 0.3 is 0 Å². The Morgan fingerprint density at radius 3 is 2.80 bits per heavy atom. The molecule has 2 saturated heterocycles. The molecular weight excluding hydrogens is 484 g/mol. The number of likely N-dealkylation sites (tertiary alicyclic amines) is 1. The van der Waals surface area contributed by atoms with Crippen molar-refractivity contribution in [3.05, 3.63) is 40.5 Å². The number of nitriles is 1. The van der Waals surface area contributed by atoms with Crippen molar-refractivity contribution in [3.63, 3.8) is 0 Å². The van der Waals surface area contributed by atoms with E-state index in [1.807, 2.05) is 13.0 Å². The molecule has 4 rings (SSSR count). The highest BCUT2D eigenvalue weighted by Gasteiger charge is 2.37. The van der Waals surface area contributed by atoms with Gasteiger partial charge in [-0.15, -0.1) is 0 Å². The van der Waals surface area contributed by atoms with Crippen LogP contribution < -0.4 is 10.2 Å². The van der Waals surface area contributed by atoms with Gasteiger partial charge in [-0.05, 0) is 71.2 Å². The Hall–Kier alpha value is -2.38. The summed E-state index contributed by atoms with van der Waals surface area (Å²) in [5.41, 5.74) is 1.18. The number of rotatable bonds is 8. The van der Waals surface area contributed by atoms with Gasteiger partial charge in [0.05, 0.1) is 18.8 Å². The van der Waals surface area contributed by atoms with Gasteiger partial charge in [0.25, 0.3) is 0 Å². The second-order valence-electron chi connectivity index (χ2n) is 9.69. The Kier molecular flexibility index (Phi) is 7.86. The highest BCUT2D eigenvalue weighted by atomic mass is 35.5. The van der Waals surface area contributed by atoms with E-state index in [-0.39, 0.29) is 12.6 Å². The average molecular weight is 517 g/mol. The number of aliphatic hydroxyl groups excluding tert-OH is 1. The predicted molar refractivity (Wildman–Crippen MR) is 142 cm³/mol. The first-order valence-corrected chi connectivity index (χ1v) is 14.4. The van der Waals surface area contributed by atoms with Crippen LogP contribution in [0.1, 0.15) is 36.9 Å². The van der Waals surface area contributed by atoms with E-state index in [2.05, 4.69) is 37.0 Å². The van der Waals surface area contributed by atoms with E-state index >= 15 is 0 Å². The molecule has 2 fully saturated rings. The van der Waals surface area contributed by atoms with Crippen molar-refractivity contribution in [3.8, 4) is 6.07 Å². The Morgan fingerprint density at radius 2 is 2.14 bits per heavy atom. The molecule has 0 aliphatic carbocycles. The highest BCUT2D eigenvalue weighted by molar-refractivity contribution is 7.99. The van der Waals surface area contributed by atoms with E-state index < -0.39 is 9.52 Å². The second kappa shape index (κ2) is 10.7. The lowest BCUT2D eigenvalue weighted by molar-refractivity contribution is 0.101. The number of nitrogens with one attached hydrogen (secondary N) is 1. The molecule has 1 aromatic carbocycles. The number of hydrogen-bond donors (Lipinski definition) is 2. The summed E-state index contributed by atoms with van der Waals surface area (Å²) in [5, 5.41) is 22.6. The number of nitrogens with zero attached hydrogens (tertiary/aromatic N) is 5. The largest absolute Gasteiger partial charge is 0.395 e. The maximum atomic E-state index is 12.2. The summed E-state index contributed by atoms with van der Waals surface area (Å²) in [7, 11) is -2.36. The van der Waals surface area contributed by atoms with E-state index in [1.54, 1.807) is 24.6 Å². The van der Waals surface area contributed by atoms with Crippen LogP contribution in [0.15, 0.2) is 29.3 Å². The summed E-state index contributed by atoms with van der Waals surface area (Å²) < 4.78 is 12.2. The summed E-state index contributed by atoms with van der Waals surface area (Å²) in [6.07, 6.45) is 5.54. The predicted octanol–water partition coefficient (Wildman–Crippen LogP) is 3.02. The number of benzene rings is 1. The standard InChI is InChI=1S/C25H33ClN6O2S/c1-17(22-7-6-21(11-23(22)26)35(2,3)34)29-24-19(12-27)13-28-25(30-24)32-15-20(16-32)18-5-4-8-31(14-18)9-10-33/h6-7,11,13,17-18,20,33H,2,4-5,8-10,14-16H2,1,3H3,(H,28,29,30)/t17-,18+,35?/m1/s1. The number of hydrogen-bond acceptors (Lipinski definition) is 8. The van der Waals surface area contributed by atoms with Gasteiger partial charge in [0.1, 0.15) is 17.5 Å². The van der Waals surface area contributed by atoms with Crippen LogP contribution in [0.25, 0.3) is 0 Å². The molecule has 2 aromatic rings. The quantitative estimate of drug-likeness (QED) is 0.516. The lowest BCUT2D eigenvalue weighted by atomic mass is 9.81. The third-order valence-electron chi connectivity index (χ3n) is 7.00. The van der Waals surface area contributed by atoms with Crippen LogP contribution in [0.2, 0.25) is 5.02 Å². The van der Waals surface area contributed by atoms with Crippen LogP contribution in [0.4, 0.5) is 11.8 Å². The van der Waals surface area contributed by atoms with Crippen LogP contribution in [0.5, 0.6) is 0 Å². The van der Waals surface area contributed by atoms with E-state index in [9.17, 15) is 14.6 Å². The van der Waals surface area contributed by atoms with Crippen LogP contribution in [-0.2, 0) is 9.52 Å². The van der Waals surface area contributed by atoms with Gasteiger partial charge in [-0.2, -0.15) is 10.2 Å². The fourth-order valence-electron chi connectivity index (χ4n) is 4.92. The van der Waals surface area contributed by atoms with E-state index in [1.165, 1.54) is 12.8 Å². The lowest BCUT2D eigenvalue weighted by Crippen LogP contribution is -2.54. The number of aromatic nitrogens is 2. The molecule has 0 saturated carbocycles. The van der Waals surface area contributed by atoms with Gasteiger partial charge in [0.2, 0.25) is 5.95 Å². The van der Waals surface area contributed by atoms with Gasteiger partial charge in [0, 0.05) is 42.4 Å². The maximum absolute atomic E-state index is 12.2. The van der Waals surface area contributed by atoms with Crippen molar-refractivity contribution in [2.24, 2.45) is 11.8 Å². The maximum Gasteiger partial charge on any atom is 0.227 e. The van der Waals surface area contributed by atoms with Crippen molar-refractivity contribution >= 4 is 38.8 Å². The molecule has 0 radical (unpaired) electrons. The zero-order chi connectivity index (χ0) is 25.2. The molecule has 0 bridgehead atoms. The fourth-order valence-corrected chi connectivity index (χ4v) is 6.05. The van der Waals surface area contributed by atoms with Crippen LogP contribution in [0.3, 0.4) is 0 Å². The number of aliphatic hydroxyl groups is 1. The van der Waals surface area contributed by atoms with Crippen molar-refractivity contribution < 1.29 is 9.32 Å². The molecule has 35 heavy (non-hydrogen) atoms. The van der Waals surface area contributed by atoms with Gasteiger partial charge in [-0.1, -0.05) is 17.7 Å². The molecule has 0 spiro atoms. The van der Waals surface area contributed by atoms with Gasteiger partial charge in [-0.25, -0.2) is 4.98 Å². The zero-order valence-corrected chi connectivity index (χ0v) is 21.9. The summed E-state index contributed by atoms with van der Waals surface area (Å²) in [6, 6.07) is 7.24. The van der Waals surface area contributed by atoms with E-state index in [0.717, 1.165) is 38.3 Å². The number of anilines is 2. The van der Waals surface area contributed by atoms with Crippen LogP contribution >= 0.6 is 11.6 Å². The Balaban J connectivity index is 1.44. The van der Waals surface area contributed by atoms with Crippen LogP contribution in [-0.4, -0.2) is 75.6 Å². The van der Waals surface area contributed by atoms with Crippen molar-refractivity contribution in [2.75, 3.05) is 55.8 Å². The Labute approximate surface area is 212 Å². The average Bonchev–Trinajstić information content (AvgIpc) is 2.78. The number of piperidine rings is 1. The molecule has 2 aliphatic rings. The van der Waals surface area contributed by atoms with E-state index in [0.29, 0.717) is 39.1 Å². The fraction of sp³-hybridized carbons (Fsp3) is 0.520. The Morgan fingerprint density at radius 1 is 1.37 bits per heavy atom. The first-order valence-electron chi connectivity index (χ1n) is 11.9. The first-order chi connectivity index (χ1) is 16.7. The van der Waals surface area contributed by atoms with Crippen molar-refractivity contribution in [1.82, 2.24) is 14.9 Å². The SMILES string of the molecule is C=S(C)(=O)c1ccc([C@@H](C)Nc2nc(N3CC([C@H]4CCCN(CCO)C4)C3)ncc2C#N)c(Cl)c1. The molecule has 2 aliphatic heterocycles. The van der Waals surface area contributed by atoms with Gasteiger partial charge in [0.15, 0.2) is 0 Å². The topological polar surface area (TPSA) is 105 Å². The molecular formula is C25H33ClN6O2S. The lowest BCUT2D eigenvalue weighted by Gasteiger charge is -2.46. The van der Waals surface area contributed by atoms with Crippen molar-refractivity contribution in [1.29, 1.82) is 5.26 Å². The molecule has 8 nitrogen and oxygen atoms in total. The summed E-state index contributed by atoms with van der Waals surface area (Å²) in [6.45, 7) is 6.80. The molecule has 0 amide bonds. The third kappa shape index (κ3) is 5.89. The smallest absolute Gasteiger partial charge is 0.227 e. The van der Waals surface area contributed by atoms with Gasteiger partial charge < -0.3 is 20.2 Å². The molecule has 3 heterocycles. The summed E-state index contributed by atoms with van der Waals surface area (Å²) >= 11 is 6.49. The molecule has 188 valence electrons. The third-order valence-corrected chi connectivity index (χ3v) is 8.58. The Bertz CT molecular complexity index is 1210. The first kappa shape index (κ1) is 25.7. The minimum absolute atomic E-state index is 0.209.